The van der Waals surface area contributed by atoms with Crippen LogP contribution in [0.25, 0.3) is 10.1 Å². The van der Waals surface area contributed by atoms with E-state index in [1.54, 1.807) is 0 Å². The van der Waals surface area contributed by atoms with E-state index < -0.39 is 0 Å². The van der Waals surface area contributed by atoms with Crippen LogP contribution in [-0.4, -0.2) is 6.54 Å². The second-order valence-corrected chi connectivity index (χ2v) is 5.32. The molecule has 1 unspecified atom stereocenters. The summed E-state index contributed by atoms with van der Waals surface area (Å²) in [5.41, 5.74) is 1.40. The lowest BCUT2D eigenvalue weighted by Crippen LogP contribution is -2.17. The van der Waals surface area contributed by atoms with Crippen LogP contribution in [0.1, 0.15) is 25.5 Å². The summed E-state index contributed by atoms with van der Waals surface area (Å²) < 4.78 is 2.54. The first-order valence-corrected chi connectivity index (χ1v) is 6.80. The first kappa shape index (κ1) is 11.1. The van der Waals surface area contributed by atoms with Crippen molar-refractivity contribution in [2.45, 2.75) is 19.9 Å². The van der Waals surface area contributed by atoms with Gasteiger partial charge in [0.25, 0.3) is 0 Å². The molecule has 2 rings (SSSR count). The van der Waals surface area contributed by atoms with E-state index in [1.807, 2.05) is 11.3 Å². The maximum atomic E-state index is 3.59. The molecule has 0 aliphatic rings. The van der Waals surface area contributed by atoms with Crippen LogP contribution in [-0.2, 0) is 0 Å². The molecule has 0 bridgehead atoms. The van der Waals surface area contributed by atoms with Crippen LogP contribution >= 0.6 is 27.3 Å². The highest BCUT2D eigenvalue weighted by Gasteiger charge is 2.11. The van der Waals surface area contributed by atoms with Gasteiger partial charge in [0.1, 0.15) is 0 Å². The van der Waals surface area contributed by atoms with Crippen LogP contribution in [0.5, 0.6) is 0 Å². The Balaban J connectivity index is 2.49. The van der Waals surface area contributed by atoms with Crippen molar-refractivity contribution in [3.63, 3.8) is 0 Å². The van der Waals surface area contributed by atoms with E-state index in [-0.39, 0.29) is 0 Å². The Morgan fingerprint density at radius 3 is 3.00 bits per heavy atom. The molecule has 0 saturated heterocycles. The van der Waals surface area contributed by atoms with Crippen molar-refractivity contribution in [2.75, 3.05) is 6.54 Å². The molecule has 1 atom stereocenters. The van der Waals surface area contributed by atoms with Crippen LogP contribution in [0.4, 0.5) is 0 Å². The molecular formula is C12H14BrNS. The molecule has 2 aromatic rings. The molecule has 0 amide bonds. The summed E-state index contributed by atoms with van der Waals surface area (Å²) in [6.07, 6.45) is 0. The highest BCUT2D eigenvalue weighted by Crippen LogP contribution is 2.34. The molecule has 0 radical (unpaired) electrons. The molecule has 0 spiro atoms. The molecule has 1 aromatic heterocycles. The topological polar surface area (TPSA) is 12.0 Å². The number of hydrogen-bond acceptors (Lipinski definition) is 2. The molecule has 1 aromatic carbocycles. The first-order valence-electron chi connectivity index (χ1n) is 5.13. The minimum absolute atomic E-state index is 0.429. The molecule has 1 heterocycles. The van der Waals surface area contributed by atoms with Crippen molar-refractivity contribution in [1.29, 1.82) is 0 Å². The maximum Gasteiger partial charge on any atom is 0.0488 e. The first-order chi connectivity index (χ1) is 7.24. The summed E-state index contributed by atoms with van der Waals surface area (Å²) in [5.74, 6) is 0. The SMILES string of the molecule is CCNC(C)c1csc2c(Br)cccc12. The van der Waals surface area contributed by atoms with Gasteiger partial charge in [-0.1, -0.05) is 19.1 Å². The van der Waals surface area contributed by atoms with Gasteiger partial charge in [0.15, 0.2) is 0 Å². The van der Waals surface area contributed by atoms with Gasteiger partial charge in [-0.05, 0) is 51.8 Å². The quantitative estimate of drug-likeness (QED) is 0.884. The Morgan fingerprint density at radius 2 is 2.27 bits per heavy atom. The van der Waals surface area contributed by atoms with E-state index in [0.717, 1.165) is 6.54 Å². The van der Waals surface area contributed by atoms with Crippen LogP contribution < -0.4 is 5.32 Å². The van der Waals surface area contributed by atoms with Gasteiger partial charge < -0.3 is 5.32 Å². The molecule has 0 fully saturated rings. The molecule has 1 nitrogen and oxygen atoms in total. The Kier molecular flexibility index (Phi) is 3.44. The summed E-state index contributed by atoms with van der Waals surface area (Å²) in [6.45, 7) is 5.36. The average Bonchev–Trinajstić information content (AvgIpc) is 2.63. The van der Waals surface area contributed by atoms with E-state index in [2.05, 4.69) is 58.7 Å². The Labute approximate surface area is 103 Å². The number of hydrogen-bond donors (Lipinski definition) is 1. The van der Waals surface area contributed by atoms with Crippen molar-refractivity contribution in [1.82, 2.24) is 5.32 Å². The van der Waals surface area contributed by atoms with Gasteiger partial charge in [-0.25, -0.2) is 0 Å². The van der Waals surface area contributed by atoms with Crippen molar-refractivity contribution < 1.29 is 0 Å². The Bertz CT molecular complexity index is 464. The summed E-state index contributed by atoms with van der Waals surface area (Å²) >= 11 is 5.40. The zero-order valence-electron chi connectivity index (χ0n) is 8.88. The highest BCUT2D eigenvalue weighted by molar-refractivity contribution is 9.10. The normalized spacial score (nSPS) is 13.3. The van der Waals surface area contributed by atoms with Gasteiger partial charge in [0.2, 0.25) is 0 Å². The summed E-state index contributed by atoms with van der Waals surface area (Å²) in [6, 6.07) is 6.82. The van der Waals surface area contributed by atoms with E-state index in [9.17, 15) is 0 Å². The van der Waals surface area contributed by atoms with E-state index in [0.29, 0.717) is 6.04 Å². The van der Waals surface area contributed by atoms with Crippen LogP contribution in [0, 0.1) is 0 Å². The number of nitrogens with one attached hydrogen (secondary N) is 1. The molecule has 0 aliphatic carbocycles. The lowest BCUT2D eigenvalue weighted by molar-refractivity contribution is 0.603. The van der Waals surface area contributed by atoms with Crippen molar-refractivity contribution in [3.05, 3.63) is 33.6 Å². The van der Waals surface area contributed by atoms with Gasteiger partial charge in [0.05, 0.1) is 0 Å². The molecule has 80 valence electrons. The van der Waals surface area contributed by atoms with Gasteiger partial charge in [0, 0.05) is 15.2 Å². The Morgan fingerprint density at radius 1 is 1.47 bits per heavy atom. The summed E-state index contributed by atoms with van der Waals surface area (Å²) in [7, 11) is 0. The number of thiophene rings is 1. The second-order valence-electron chi connectivity index (χ2n) is 3.59. The van der Waals surface area contributed by atoms with Crippen molar-refractivity contribution in [3.8, 4) is 0 Å². The molecule has 1 N–H and O–H groups in total. The highest BCUT2D eigenvalue weighted by atomic mass is 79.9. The smallest absolute Gasteiger partial charge is 0.0488 e. The number of rotatable bonds is 3. The van der Waals surface area contributed by atoms with Crippen LogP contribution in [0.15, 0.2) is 28.1 Å². The second kappa shape index (κ2) is 4.64. The van der Waals surface area contributed by atoms with Gasteiger partial charge in [-0.3, -0.25) is 0 Å². The lowest BCUT2D eigenvalue weighted by Gasteiger charge is -2.11. The fraction of sp³-hybridized carbons (Fsp3) is 0.333. The summed E-state index contributed by atoms with van der Waals surface area (Å²) in [5, 5.41) is 7.07. The third-order valence-corrected chi connectivity index (χ3v) is 4.53. The maximum absolute atomic E-state index is 3.59. The van der Waals surface area contributed by atoms with Gasteiger partial charge in [-0.2, -0.15) is 0 Å². The van der Waals surface area contributed by atoms with Crippen LogP contribution in [0.2, 0.25) is 0 Å². The molecular weight excluding hydrogens is 270 g/mol. The molecule has 0 aliphatic heterocycles. The monoisotopic (exact) mass is 283 g/mol. The molecule has 0 saturated carbocycles. The predicted molar refractivity (Wildman–Crippen MR) is 71.6 cm³/mol. The average molecular weight is 284 g/mol. The van der Waals surface area contributed by atoms with Gasteiger partial charge in [-0.15, -0.1) is 11.3 Å². The van der Waals surface area contributed by atoms with Crippen molar-refractivity contribution in [2.24, 2.45) is 0 Å². The fourth-order valence-electron chi connectivity index (χ4n) is 1.79. The third kappa shape index (κ3) is 2.10. The van der Waals surface area contributed by atoms with E-state index in [4.69, 9.17) is 0 Å². The summed E-state index contributed by atoms with van der Waals surface area (Å²) in [4.78, 5) is 0. The standard InChI is InChI=1S/C12H14BrNS/c1-3-14-8(2)10-7-15-12-9(10)5-4-6-11(12)13/h4-8,14H,3H2,1-2H3. The zero-order valence-corrected chi connectivity index (χ0v) is 11.3. The molecule has 15 heavy (non-hydrogen) atoms. The van der Waals surface area contributed by atoms with Gasteiger partial charge >= 0.3 is 0 Å². The predicted octanol–water partition coefficient (Wildman–Crippen LogP) is 4.33. The van der Waals surface area contributed by atoms with E-state index in [1.165, 1.54) is 20.1 Å². The van der Waals surface area contributed by atoms with Crippen LogP contribution in [0.3, 0.4) is 0 Å². The van der Waals surface area contributed by atoms with Crippen molar-refractivity contribution >= 4 is 37.4 Å². The minimum Gasteiger partial charge on any atom is -0.310 e. The largest absolute Gasteiger partial charge is 0.310 e. The fourth-order valence-corrected chi connectivity index (χ4v) is 3.51. The minimum atomic E-state index is 0.429. The Hall–Kier alpha value is -0.380. The lowest BCUT2D eigenvalue weighted by atomic mass is 10.1. The number of benzene rings is 1. The third-order valence-electron chi connectivity index (χ3n) is 2.56. The molecule has 3 heteroatoms. The van der Waals surface area contributed by atoms with E-state index >= 15 is 0 Å². The zero-order chi connectivity index (χ0) is 10.8. The number of halogens is 1. The number of fused-ring (bicyclic) bond motifs is 1.